The van der Waals surface area contributed by atoms with Gasteiger partial charge in [0, 0.05) is 11.3 Å². The minimum atomic E-state index is -0.241. The van der Waals surface area contributed by atoms with E-state index in [1.807, 2.05) is 18.2 Å². The molecule has 0 aliphatic carbocycles. The lowest BCUT2D eigenvalue weighted by Crippen LogP contribution is -2.37. The highest BCUT2D eigenvalue weighted by Gasteiger charge is 2.33. The Labute approximate surface area is 106 Å². The maximum absolute atomic E-state index is 9.74. The fourth-order valence-corrected chi connectivity index (χ4v) is 2.59. The molecule has 1 fully saturated rings. The predicted molar refractivity (Wildman–Crippen MR) is 65.9 cm³/mol. The molecule has 2 heterocycles. The van der Waals surface area contributed by atoms with E-state index in [2.05, 4.69) is 6.92 Å². The van der Waals surface area contributed by atoms with Crippen molar-refractivity contribution in [1.29, 1.82) is 0 Å². The molecule has 0 bridgehead atoms. The molecule has 1 N–H and O–H groups in total. The van der Waals surface area contributed by atoms with Crippen LogP contribution in [0, 0.1) is 5.92 Å². The second-order valence-corrected chi connectivity index (χ2v) is 5.39. The molecule has 1 atom stereocenters. The number of benzene rings is 1. The largest absolute Gasteiger partial charge is 0.454 e. The van der Waals surface area contributed by atoms with E-state index in [1.54, 1.807) is 0 Å². The minimum absolute atomic E-state index is 0.128. The van der Waals surface area contributed by atoms with Gasteiger partial charge in [-0.05, 0) is 24.1 Å². The van der Waals surface area contributed by atoms with Crippen LogP contribution in [0.3, 0.4) is 0 Å². The Bertz CT molecular complexity index is 441. The first kappa shape index (κ1) is 11.8. The molecule has 2 aliphatic heterocycles. The molecule has 4 nitrogen and oxygen atoms in total. The third-order valence-electron chi connectivity index (χ3n) is 3.86. The third kappa shape index (κ3) is 1.95. The molecule has 1 unspecified atom stereocenters. The van der Waals surface area contributed by atoms with E-state index in [0.717, 1.165) is 36.7 Å². The van der Waals surface area contributed by atoms with Crippen LogP contribution < -0.4 is 9.47 Å². The van der Waals surface area contributed by atoms with Gasteiger partial charge in [-0.3, -0.25) is 0 Å². The summed E-state index contributed by atoms with van der Waals surface area (Å²) >= 11 is 0. The number of rotatable bonds is 4. The van der Waals surface area contributed by atoms with Crippen molar-refractivity contribution >= 4 is 0 Å². The van der Waals surface area contributed by atoms with Crippen molar-refractivity contribution in [1.82, 2.24) is 0 Å². The van der Waals surface area contributed by atoms with Crippen LogP contribution in [-0.4, -0.2) is 31.7 Å². The van der Waals surface area contributed by atoms with Gasteiger partial charge in [-0.2, -0.15) is 0 Å². The zero-order valence-corrected chi connectivity index (χ0v) is 10.5. The molecule has 1 saturated heterocycles. The van der Waals surface area contributed by atoms with Crippen molar-refractivity contribution in [2.24, 2.45) is 5.92 Å². The summed E-state index contributed by atoms with van der Waals surface area (Å²) in [4.78, 5) is 0. The second-order valence-electron chi connectivity index (χ2n) is 5.39. The number of aliphatic hydroxyl groups excluding tert-OH is 1. The molecule has 0 radical (unpaired) electrons. The van der Waals surface area contributed by atoms with Gasteiger partial charge < -0.3 is 19.3 Å². The van der Waals surface area contributed by atoms with Crippen LogP contribution in [0.2, 0.25) is 0 Å². The van der Waals surface area contributed by atoms with Crippen molar-refractivity contribution in [3.05, 3.63) is 23.8 Å². The molecule has 3 rings (SSSR count). The monoisotopic (exact) mass is 250 g/mol. The SMILES string of the molecule is CC(CO)(CC1COC1)c1ccc2c(c1)OCO2. The topological polar surface area (TPSA) is 47.9 Å². The van der Waals surface area contributed by atoms with Gasteiger partial charge in [0.1, 0.15) is 0 Å². The summed E-state index contributed by atoms with van der Waals surface area (Å²) in [5.74, 6) is 2.11. The van der Waals surface area contributed by atoms with Gasteiger partial charge in [0.15, 0.2) is 11.5 Å². The lowest BCUT2D eigenvalue weighted by Gasteiger charge is -2.36. The number of fused-ring (bicyclic) bond motifs is 1. The van der Waals surface area contributed by atoms with Gasteiger partial charge in [0.05, 0.1) is 19.8 Å². The van der Waals surface area contributed by atoms with E-state index in [4.69, 9.17) is 14.2 Å². The van der Waals surface area contributed by atoms with Gasteiger partial charge in [-0.1, -0.05) is 13.0 Å². The van der Waals surface area contributed by atoms with Crippen LogP contribution in [0.5, 0.6) is 11.5 Å². The Balaban J connectivity index is 1.85. The first-order chi connectivity index (χ1) is 8.71. The molecule has 18 heavy (non-hydrogen) atoms. The summed E-state index contributed by atoms with van der Waals surface area (Å²) in [5, 5.41) is 9.74. The van der Waals surface area contributed by atoms with E-state index >= 15 is 0 Å². The van der Waals surface area contributed by atoms with Crippen molar-refractivity contribution in [2.75, 3.05) is 26.6 Å². The van der Waals surface area contributed by atoms with Gasteiger partial charge >= 0.3 is 0 Å². The average Bonchev–Trinajstić information content (AvgIpc) is 2.80. The molecule has 4 heteroatoms. The third-order valence-corrected chi connectivity index (χ3v) is 3.86. The standard InChI is InChI=1S/C14H18O4/c1-14(8-15,5-10-6-16-7-10)11-2-3-12-13(4-11)18-9-17-12/h2-4,10,15H,5-9H2,1H3. The van der Waals surface area contributed by atoms with Crippen LogP contribution >= 0.6 is 0 Å². The van der Waals surface area contributed by atoms with Crippen molar-refractivity contribution < 1.29 is 19.3 Å². The van der Waals surface area contributed by atoms with Crippen molar-refractivity contribution in [3.8, 4) is 11.5 Å². The number of ether oxygens (including phenoxy) is 3. The smallest absolute Gasteiger partial charge is 0.231 e. The first-order valence-corrected chi connectivity index (χ1v) is 6.30. The maximum Gasteiger partial charge on any atom is 0.231 e. The van der Waals surface area contributed by atoms with Gasteiger partial charge in [-0.25, -0.2) is 0 Å². The Morgan fingerprint density at radius 3 is 2.72 bits per heavy atom. The summed E-state index contributed by atoms with van der Waals surface area (Å²) in [6.07, 6.45) is 0.934. The summed E-state index contributed by atoms with van der Waals surface area (Å²) < 4.78 is 15.9. The van der Waals surface area contributed by atoms with E-state index < -0.39 is 0 Å². The highest BCUT2D eigenvalue weighted by molar-refractivity contribution is 5.46. The molecule has 0 spiro atoms. The molecular weight excluding hydrogens is 232 g/mol. The molecule has 0 aromatic heterocycles. The summed E-state index contributed by atoms with van der Waals surface area (Å²) in [5.41, 5.74) is 0.858. The Hall–Kier alpha value is -1.26. The van der Waals surface area contributed by atoms with Gasteiger partial charge in [-0.15, -0.1) is 0 Å². The van der Waals surface area contributed by atoms with Crippen molar-refractivity contribution in [2.45, 2.75) is 18.8 Å². The zero-order chi connectivity index (χ0) is 12.6. The fourth-order valence-electron chi connectivity index (χ4n) is 2.59. The molecule has 0 amide bonds. The molecule has 98 valence electrons. The molecule has 2 aliphatic rings. The molecule has 1 aromatic carbocycles. The van der Waals surface area contributed by atoms with Gasteiger partial charge in [0.2, 0.25) is 6.79 Å². The van der Waals surface area contributed by atoms with E-state index in [1.165, 1.54) is 0 Å². The number of hydrogen-bond acceptors (Lipinski definition) is 4. The quantitative estimate of drug-likeness (QED) is 0.883. The second kappa shape index (κ2) is 4.44. The van der Waals surface area contributed by atoms with Crippen LogP contribution in [0.1, 0.15) is 18.9 Å². The number of hydrogen-bond donors (Lipinski definition) is 1. The summed E-state index contributed by atoms with van der Waals surface area (Å²) in [6.45, 7) is 4.11. The molecule has 1 aromatic rings. The lowest BCUT2D eigenvalue weighted by atomic mass is 9.75. The van der Waals surface area contributed by atoms with Crippen molar-refractivity contribution in [3.63, 3.8) is 0 Å². The highest BCUT2D eigenvalue weighted by Crippen LogP contribution is 2.39. The minimum Gasteiger partial charge on any atom is -0.454 e. The normalized spacial score (nSPS) is 21.4. The molecule has 0 saturated carbocycles. The first-order valence-electron chi connectivity index (χ1n) is 6.30. The van der Waals surface area contributed by atoms with Crippen LogP contribution in [-0.2, 0) is 10.2 Å². The summed E-state index contributed by atoms with van der Waals surface area (Å²) in [6, 6.07) is 5.92. The van der Waals surface area contributed by atoms with Crippen LogP contribution in [0.25, 0.3) is 0 Å². The number of aliphatic hydroxyl groups is 1. The Morgan fingerprint density at radius 2 is 2.06 bits per heavy atom. The lowest BCUT2D eigenvalue weighted by molar-refractivity contribution is -0.0485. The van der Waals surface area contributed by atoms with Crippen LogP contribution in [0.4, 0.5) is 0 Å². The predicted octanol–water partition coefficient (Wildman–Crippen LogP) is 1.70. The average molecular weight is 250 g/mol. The maximum atomic E-state index is 9.74. The highest BCUT2D eigenvalue weighted by atomic mass is 16.7. The Morgan fingerprint density at radius 1 is 1.28 bits per heavy atom. The van der Waals surface area contributed by atoms with Gasteiger partial charge in [0.25, 0.3) is 0 Å². The van der Waals surface area contributed by atoms with E-state index in [9.17, 15) is 5.11 Å². The van der Waals surface area contributed by atoms with E-state index in [-0.39, 0.29) is 18.8 Å². The zero-order valence-electron chi connectivity index (χ0n) is 10.5. The Kier molecular flexibility index (Phi) is 2.92. The van der Waals surface area contributed by atoms with E-state index in [0.29, 0.717) is 5.92 Å². The van der Waals surface area contributed by atoms with Crippen LogP contribution in [0.15, 0.2) is 18.2 Å². The fraction of sp³-hybridized carbons (Fsp3) is 0.571. The molecular formula is C14H18O4. The summed E-state index contributed by atoms with van der Waals surface area (Å²) in [7, 11) is 0.